The number of thioether (sulfide) groups is 1. The molecule has 28 heavy (non-hydrogen) atoms. The number of carbonyl (C=O) groups excluding carboxylic acids is 1. The molecule has 2 aromatic carbocycles. The van der Waals surface area contributed by atoms with Crippen LogP contribution in [-0.2, 0) is 16.4 Å². The Bertz CT molecular complexity index is 1020. The van der Waals surface area contributed by atoms with E-state index < -0.39 is 9.84 Å². The number of rotatable bonds is 4. The second-order valence-corrected chi connectivity index (χ2v) is 10.5. The number of amidine groups is 1. The third-order valence-corrected chi connectivity index (χ3v) is 7.93. The molecule has 8 heteroatoms. The smallest absolute Gasteiger partial charge is 0.251 e. The Morgan fingerprint density at radius 3 is 2.50 bits per heavy atom. The van der Waals surface area contributed by atoms with Gasteiger partial charge in [-0.15, -0.1) is 0 Å². The number of carbonyl (C=O) groups is 1. The van der Waals surface area contributed by atoms with Gasteiger partial charge in [0.15, 0.2) is 15.0 Å². The van der Waals surface area contributed by atoms with Crippen LogP contribution in [0.5, 0.6) is 0 Å². The molecule has 2 aliphatic rings. The van der Waals surface area contributed by atoms with Gasteiger partial charge in [0, 0.05) is 23.0 Å². The van der Waals surface area contributed by atoms with Gasteiger partial charge in [-0.2, -0.15) is 0 Å². The number of hydrogen-bond acceptors (Lipinski definition) is 6. The molecule has 2 N–H and O–H groups in total. The summed E-state index contributed by atoms with van der Waals surface area (Å²) in [4.78, 5) is 16.8. The first kappa shape index (κ1) is 19.0. The van der Waals surface area contributed by atoms with Gasteiger partial charge in [0.1, 0.15) is 0 Å². The van der Waals surface area contributed by atoms with E-state index in [4.69, 9.17) is 0 Å². The van der Waals surface area contributed by atoms with E-state index in [1.807, 2.05) is 43.3 Å². The van der Waals surface area contributed by atoms with E-state index in [0.717, 1.165) is 16.4 Å². The number of hydrogen-bond donors (Lipinski definition) is 2. The number of amides is 1. The first-order valence-electron chi connectivity index (χ1n) is 9.04. The maximum Gasteiger partial charge on any atom is 0.251 e. The molecule has 1 saturated heterocycles. The van der Waals surface area contributed by atoms with Crippen LogP contribution in [0.4, 0.5) is 5.69 Å². The van der Waals surface area contributed by atoms with Crippen molar-refractivity contribution in [2.45, 2.75) is 24.8 Å². The van der Waals surface area contributed by atoms with Gasteiger partial charge in [0.05, 0.1) is 17.5 Å². The summed E-state index contributed by atoms with van der Waals surface area (Å²) in [6.45, 7) is 2.51. The van der Waals surface area contributed by atoms with Gasteiger partial charge in [-0.1, -0.05) is 41.6 Å². The highest BCUT2D eigenvalue weighted by atomic mass is 32.2. The zero-order chi connectivity index (χ0) is 19.7. The standard InChI is InChI=1S/C20H21N3O3S2/c1-13-2-4-14(5-3-13)10-21-19(24)15-6-8-16(9-7-15)22-20-23-17-11-28(25,26)12-18(17)27-20/h2-9,17-18H,10-12H2,1H3,(H,21,24)(H,22,23)/t17-,18+/m1/s1. The minimum absolute atomic E-state index is 0.0133. The summed E-state index contributed by atoms with van der Waals surface area (Å²) < 4.78 is 23.3. The monoisotopic (exact) mass is 415 g/mol. The van der Waals surface area contributed by atoms with E-state index >= 15 is 0 Å². The predicted octanol–water partition coefficient (Wildman–Crippen LogP) is 2.61. The summed E-state index contributed by atoms with van der Waals surface area (Å²) >= 11 is 1.48. The lowest BCUT2D eigenvalue weighted by atomic mass is 10.1. The van der Waals surface area contributed by atoms with Crippen LogP contribution in [-0.4, -0.2) is 42.3 Å². The molecule has 0 unspecified atom stereocenters. The summed E-state index contributed by atoms with van der Waals surface area (Å²) in [5, 5.41) is 6.88. The molecule has 1 amide bonds. The molecule has 2 atom stereocenters. The third-order valence-electron chi connectivity index (χ3n) is 4.79. The van der Waals surface area contributed by atoms with Crippen LogP contribution in [0.2, 0.25) is 0 Å². The van der Waals surface area contributed by atoms with Gasteiger partial charge >= 0.3 is 0 Å². The average Bonchev–Trinajstić information content (AvgIpc) is 3.14. The number of nitrogens with one attached hydrogen (secondary N) is 2. The van der Waals surface area contributed by atoms with E-state index in [1.54, 1.807) is 12.1 Å². The molecular weight excluding hydrogens is 394 g/mol. The van der Waals surface area contributed by atoms with Crippen LogP contribution >= 0.6 is 11.8 Å². The Morgan fingerprint density at radius 2 is 1.82 bits per heavy atom. The average molecular weight is 416 g/mol. The van der Waals surface area contributed by atoms with Crippen LogP contribution < -0.4 is 10.6 Å². The number of benzene rings is 2. The van der Waals surface area contributed by atoms with Crippen molar-refractivity contribution in [1.82, 2.24) is 5.32 Å². The number of anilines is 1. The molecule has 146 valence electrons. The van der Waals surface area contributed by atoms with Crippen molar-refractivity contribution in [1.29, 1.82) is 0 Å². The second kappa shape index (κ2) is 7.60. The van der Waals surface area contributed by atoms with Crippen LogP contribution in [0.25, 0.3) is 0 Å². The molecule has 1 fully saturated rings. The number of aliphatic imine (C=N–C) groups is 1. The number of nitrogens with zero attached hydrogens (tertiary/aromatic N) is 1. The van der Waals surface area contributed by atoms with Crippen molar-refractivity contribution in [3.05, 3.63) is 65.2 Å². The highest BCUT2D eigenvalue weighted by Crippen LogP contribution is 2.34. The third kappa shape index (κ3) is 4.39. The highest BCUT2D eigenvalue weighted by molar-refractivity contribution is 8.15. The van der Waals surface area contributed by atoms with Gasteiger partial charge in [-0.05, 0) is 36.8 Å². The fourth-order valence-corrected chi connectivity index (χ4v) is 6.91. The SMILES string of the molecule is Cc1ccc(CNC(=O)c2ccc(NC3=N[C@@H]4CS(=O)(=O)C[C@@H]4S3)cc2)cc1. The molecule has 2 heterocycles. The molecule has 0 bridgehead atoms. The van der Waals surface area contributed by atoms with Crippen molar-refractivity contribution in [2.75, 3.05) is 16.8 Å². The minimum Gasteiger partial charge on any atom is -0.348 e. The molecule has 6 nitrogen and oxygen atoms in total. The van der Waals surface area contributed by atoms with E-state index in [2.05, 4.69) is 15.6 Å². The molecule has 0 spiro atoms. The number of fused-ring (bicyclic) bond motifs is 1. The summed E-state index contributed by atoms with van der Waals surface area (Å²) in [7, 11) is -2.94. The van der Waals surface area contributed by atoms with Crippen molar-refractivity contribution < 1.29 is 13.2 Å². The molecule has 4 rings (SSSR count). The first-order valence-corrected chi connectivity index (χ1v) is 11.7. The Hall–Kier alpha value is -2.32. The number of sulfone groups is 1. The quantitative estimate of drug-likeness (QED) is 0.802. The number of aryl methyl sites for hydroxylation is 1. The zero-order valence-electron chi connectivity index (χ0n) is 15.4. The van der Waals surface area contributed by atoms with Gasteiger partial charge in [0.25, 0.3) is 5.91 Å². The Kier molecular flexibility index (Phi) is 5.16. The van der Waals surface area contributed by atoms with E-state index in [1.165, 1.54) is 17.3 Å². The molecule has 0 radical (unpaired) electrons. The van der Waals surface area contributed by atoms with E-state index in [0.29, 0.717) is 12.1 Å². The summed E-state index contributed by atoms with van der Waals surface area (Å²) in [6.07, 6.45) is 0. The van der Waals surface area contributed by atoms with E-state index in [-0.39, 0.29) is 28.7 Å². The molecular formula is C20H21N3O3S2. The topological polar surface area (TPSA) is 87.6 Å². The fraction of sp³-hybridized carbons (Fsp3) is 0.300. The van der Waals surface area contributed by atoms with Gasteiger partial charge in [0.2, 0.25) is 0 Å². The lowest BCUT2D eigenvalue weighted by Gasteiger charge is -2.09. The maximum atomic E-state index is 12.3. The van der Waals surface area contributed by atoms with Crippen molar-refractivity contribution in [3.63, 3.8) is 0 Å². The molecule has 0 aliphatic carbocycles. The van der Waals surface area contributed by atoms with Gasteiger partial charge in [-0.25, -0.2) is 8.42 Å². The predicted molar refractivity (Wildman–Crippen MR) is 114 cm³/mol. The summed E-state index contributed by atoms with van der Waals surface area (Å²) in [5.41, 5.74) is 3.65. The summed E-state index contributed by atoms with van der Waals surface area (Å²) in [6, 6.07) is 15.1. The van der Waals surface area contributed by atoms with Crippen molar-refractivity contribution in [3.8, 4) is 0 Å². The molecule has 0 saturated carbocycles. The van der Waals surface area contributed by atoms with Crippen LogP contribution in [0.1, 0.15) is 21.5 Å². The highest BCUT2D eigenvalue weighted by Gasteiger charge is 2.42. The molecule has 2 aromatic rings. The Labute approximate surface area is 168 Å². The van der Waals surface area contributed by atoms with Crippen LogP contribution in [0.15, 0.2) is 53.5 Å². The lowest BCUT2D eigenvalue weighted by molar-refractivity contribution is 0.0951. The largest absolute Gasteiger partial charge is 0.348 e. The van der Waals surface area contributed by atoms with Crippen molar-refractivity contribution in [2.24, 2.45) is 4.99 Å². The van der Waals surface area contributed by atoms with Crippen LogP contribution in [0.3, 0.4) is 0 Å². The molecule has 0 aromatic heterocycles. The van der Waals surface area contributed by atoms with E-state index in [9.17, 15) is 13.2 Å². The summed E-state index contributed by atoms with van der Waals surface area (Å²) in [5.74, 6) is 0.201. The Morgan fingerprint density at radius 1 is 1.11 bits per heavy atom. The lowest BCUT2D eigenvalue weighted by Crippen LogP contribution is -2.22. The fourth-order valence-electron chi connectivity index (χ4n) is 3.23. The van der Waals surface area contributed by atoms with Crippen LogP contribution in [0, 0.1) is 6.92 Å². The second-order valence-electron chi connectivity index (χ2n) is 7.11. The first-order chi connectivity index (χ1) is 13.4. The van der Waals surface area contributed by atoms with Crippen molar-refractivity contribution >= 4 is 38.4 Å². The minimum atomic E-state index is -2.94. The molecule has 2 aliphatic heterocycles. The maximum absolute atomic E-state index is 12.3. The Balaban J connectivity index is 1.32. The van der Waals surface area contributed by atoms with Gasteiger partial charge in [-0.3, -0.25) is 9.79 Å². The van der Waals surface area contributed by atoms with Gasteiger partial charge < -0.3 is 10.6 Å². The zero-order valence-corrected chi connectivity index (χ0v) is 17.0. The normalized spacial score (nSPS) is 22.4.